The molecular formula is C6H6N2O3. The Kier molecular flexibility index (Phi) is 1.91. The Hall–Kier alpha value is -1.78. The molecule has 0 aliphatic rings. The molecule has 1 rings (SSSR count). The summed E-state index contributed by atoms with van der Waals surface area (Å²) in [5.41, 5.74) is 4.70. The van der Waals surface area contributed by atoms with Crippen LogP contribution >= 0.6 is 0 Å². The van der Waals surface area contributed by atoms with E-state index < -0.39 is 6.09 Å². The maximum absolute atomic E-state index is 10.2. The summed E-state index contributed by atoms with van der Waals surface area (Å²) in [5, 5.41) is 8.76. The molecule has 1 heterocycles. The lowest BCUT2D eigenvalue weighted by Gasteiger charge is -1.97. The molecule has 1 amide bonds. The van der Waals surface area contributed by atoms with E-state index in [4.69, 9.17) is 10.8 Å². The standard InChI is InChI=1S/C6H6N2O3/c7-6(10)11-5-2-1-4(9)3-8-5/h1-3,9H,(H2,7,10). The van der Waals surface area contributed by atoms with Gasteiger partial charge in [0, 0.05) is 6.07 Å². The van der Waals surface area contributed by atoms with Crippen LogP contribution in [-0.2, 0) is 0 Å². The Balaban J connectivity index is 2.74. The van der Waals surface area contributed by atoms with Gasteiger partial charge in [-0.2, -0.15) is 0 Å². The number of aromatic nitrogens is 1. The highest BCUT2D eigenvalue weighted by Gasteiger charge is 1.98. The zero-order valence-corrected chi connectivity index (χ0v) is 5.52. The zero-order chi connectivity index (χ0) is 8.27. The van der Waals surface area contributed by atoms with Gasteiger partial charge in [0.25, 0.3) is 0 Å². The Morgan fingerprint density at radius 2 is 2.36 bits per heavy atom. The normalized spacial score (nSPS) is 9.09. The fraction of sp³-hybridized carbons (Fsp3) is 0. The van der Waals surface area contributed by atoms with Gasteiger partial charge in [-0.05, 0) is 6.07 Å². The predicted molar refractivity (Wildman–Crippen MR) is 36.1 cm³/mol. The number of nitrogens with two attached hydrogens (primary N) is 1. The summed E-state index contributed by atoms with van der Waals surface area (Å²) < 4.78 is 4.39. The topological polar surface area (TPSA) is 85.4 Å². The van der Waals surface area contributed by atoms with Gasteiger partial charge >= 0.3 is 6.09 Å². The van der Waals surface area contributed by atoms with E-state index in [9.17, 15) is 4.79 Å². The first-order valence-corrected chi connectivity index (χ1v) is 2.81. The highest BCUT2D eigenvalue weighted by molar-refractivity contribution is 5.67. The molecule has 0 saturated heterocycles. The van der Waals surface area contributed by atoms with Gasteiger partial charge in [-0.1, -0.05) is 0 Å². The van der Waals surface area contributed by atoms with Crippen molar-refractivity contribution in [1.29, 1.82) is 0 Å². The van der Waals surface area contributed by atoms with Gasteiger partial charge < -0.3 is 15.6 Å². The number of amides is 1. The number of carbonyl (C=O) groups excluding carboxylic acids is 1. The van der Waals surface area contributed by atoms with Crippen molar-refractivity contribution in [3.05, 3.63) is 18.3 Å². The first-order valence-electron chi connectivity index (χ1n) is 2.81. The van der Waals surface area contributed by atoms with Gasteiger partial charge in [-0.3, -0.25) is 0 Å². The summed E-state index contributed by atoms with van der Waals surface area (Å²) in [6.07, 6.45) is 0.223. The molecule has 0 bridgehead atoms. The second kappa shape index (κ2) is 2.87. The molecule has 1 aromatic rings. The lowest BCUT2D eigenvalue weighted by Crippen LogP contribution is -2.16. The predicted octanol–water partition coefficient (Wildman–Crippen LogP) is 0.245. The summed E-state index contributed by atoms with van der Waals surface area (Å²) in [5.74, 6) is 0.0668. The van der Waals surface area contributed by atoms with Crippen LogP contribution in [-0.4, -0.2) is 16.2 Å². The summed E-state index contributed by atoms with van der Waals surface area (Å²) in [6, 6.07) is 2.67. The van der Waals surface area contributed by atoms with Crippen molar-refractivity contribution in [3.63, 3.8) is 0 Å². The average molecular weight is 154 g/mol. The highest BCUT2D eigenvalue weighted by atomic mass is 16.6. The number of hydrogen-bond donors (Lipinski definition) is 2. The molecule has 0 spiro atoms. The molecule has 11 heavy (non-hydrogen) atoms. The van der Waals surface area contributed by atoms with Crippen LogP contribution < -0.4 is 10.5 Å². The number of hydrogen-bond acceptors (Lipinski definition) is 4. The van der Waals surface area contributed by atoms with Crippen molar-refractivity contribution < 1.29 is 14.6 Å². The van der Waals surface area contributed by atoms with E-state index in [1.165, 1.54) is 12.1 Å². The summed E-state index contributed by atoms with van der Waals surface area (Å²) >= 11 is 0. The third-order valence-corrected chi connectivity index (χ3v) is 0.926. The summed E-state index contributed by atoms with van der Waals surface area (Å²) in [6.45, 7) is 0. The van der Waals surface area contributed by atoms with E-state index in [-0.39, 0.29) is 11.6 Å². The second-order valence-corrected chi connectivity index (χ2v) is 1.78. The smallest absolute Gasteiger partial charge is 0.411 e. The quantitative estimate of drug-likeness (QED) is 0.606. The van der Waals surface area contributed by atoms with Crippen LogP contribution in [0, 0.1) is 0 Å². The highest BCUT2D eigenvalue weighted by Crippen LogP contribution is 2.10. The molecule has 5 heteroatoms. The van der Waals surface area contributed by atoms with Crippen LogP contribution in [0.5, 0.6) is 11.6 Å². The second-order valence-electron chi connectivity index (χ2n) is 1.78. The maximum Gasteiger partial charge on any atom is 0.411 e. The van der Waals surface area contributed by atoms with Crippen LogP contribution in [0.15, 0.2) is 18.3 Å². The Morgan fingerprint density at radius 3 is 2.82 bits per heavy atom. The van der Waals surface area contributed by atoms with E-state index in [0.717, 1.165) is 6.20 Å². The van der Waals surface area contributed by atoms with E-state index in [1.54, 1.807) is 0 Å². The fourth-order valence-electron chi connectivity index (χ4n) is 0.536. The van der Waals surface area contributed by atoms with E-state index >= 15 is 0 Å². The molecule has 1 aromatic heterocycles. The lowest BCUT2D eigenvalue weighted by molar-refractivity contribution is 0.209. The number of primary amides is 1. The third kappa shape index (κ3) is 2.13. The van der Waals surface area contributed by atoms with Gasteiger partial charge in [-0.25, -0.2) is 9.78 Å². The molecule has 0 radical (unpaired) electrons. The van der Waals surface area contributed by atoms with Crippen molar-refractivity contribution in [2.45, 2.75) is 0 Å². The minimum Gasteiger partial charge on any atom is -0.506 e. The van der Waals surface area contributed by atoms with E-state index in [2.05, 4.69) is 9.72 Å². The SMILES string of the molecule is NC(=O)Oc1ccc(O)cn1. The Bertz CT molecular complexity index is 257. The van der Waals surface area contributed by atoms with Crippen LogP contribution in [0.4, 0.5) is 4.79 Å². The molecule has 0 saturated carbocycles. The Labute approximate surface area is 62.4 Å². The molecule has 0 atom stereocenters. The van der Waals surface area contributed by atoms with E-state index in [0.29, 0.717) is 0 Å². The first kappa shape index (κ1) is 7.33. The van der Waals surface area contributed by atoms with E-state index in [1.807, 2.05) is 0 Å². The van der Waals surface area contributed by atoms with Gasteiger partial charge in [-0.15, -0.1) is 0 Å². The minimum absolute atomic E-state index is 0.00169. The van der Waals surface area contributed by atoms with Crippen LogP contribution in [0.1, 0.15) is 0 Å². The molecule has 58 valence electrons. The third-order valence-electron chi connectivity index (χ3n) is 0.926. The van der Waals surface area contributed by atoms with Crippen LogP contribution in [0.2, 0.25) is 0 Å². The first-order chi connectivity index (χ1) is 5.18. The number of aromatic hydroxyl groups is 1. The summed E-state index contributed by atoms with van der Waals surface area (Å²) in [4.78, 5) is 13.7. The number of ether oxygens (including phenoxy) is 1. The minimum atomic E-state index is -0.928. The molecule has 5 nitrogen and oxygen atoms in total. The maximum atomic E-state index is 10.2. The lowest BCUT2D eigenvalue weighted by atomic mass is 10.4. The molecule has 0 fully saturated rings. The van der Waals surface area contributed by atoms with Crippen molar-refractivity contribution in [3.8, 4) is 11.6 Å². The molecule has 3 N–H and O–H groups in total. The largest absolute Gasteiger partial charge is 0.506 e. The van der Waals surface area contributed by atoms with Gasteiger partial charge in [0.05, 0.1) is 6.20 Å². The number of nitrogens with zero attached hydrogens (tertiary/aromatic N) is 1. The monoisotopic (exact) mass is 154 g/mol. The van der Waals surface area contributed by atoms with Gasteiger partial charge in [0.15, 0.2) is 0 Å². The number of carbonyl (C=O) groups is 1. The molecule has 0 aliphatic carbocycles. The number of pyridine rings is 1. The van der Waals surface area contributed by atoms with Crippen molar-refractivity contribution in [2.24, 2.45) is 5.73 Å². The van der Waals surface area contributed by atoms with Crippen molar-refractivity contribution >= 4 is 6.09 Å². The van der Waals surface area contributed by atoms with Gasteiger partial charge in [0.2, 0.25) is 5.88 Å². The van der Waals surface area contributed by atoms with Crippen molar-refractivity contribution in [1.82, 2.24) is 4.98 Å². The van der Waals surface area contributed by atoms with Crippen LogP contribution in [0.3, 0.4) is 0 Å². The molecule has 0 unspecified atom stereocenters. The summed E-state index contributed by atoms with van der Waals surface area (Å²) in [7, 11) is 0. The number of rotatable bonds is 1. The molecular weight excluding hydrogens is 148 g/mol. The zero-order valence-electron chi connectivity index (χ0n) is 5.52. The average Bonchev–Trinajstić information content (AvgIpc) is 1.93. The Morgan fingerprint density at radius 1 is 1.64 bits per heavy atom. The molecule has 0 aromatic carbocycles. The molecule has 0 aliphatic heterocycles. The van der Waals surface area contributed by atoms with Gasteiger partial charge in [0.1, 0.15) is 5.75 Å². The fourth-order valence-corrected chi connectivity index (χ4v) is 0.536. The van der Waals surface area contributed by atoms with Crippen LogP contribution in [0.25, 0.3) is 0 Å². The van der Waals surface area contributed by atoms with Crippen molar-refractivity contribution in [2.75, 3.05) is 0 Å².